The van der Waals surface area contributed by atoms with E-state index in [1.54, 1.807) is 12.1 Å². The minimum absolute atomic E-state index is 0.0350. The van der Waals surface area contributed by atoms with E-state index in [0.717, 1.165) is 11.3 Å². The number of methoxy groups -OCH3 is 1. The molecule has 1 fully saturated rings. The van der Waals surface area contributed by atoms with E-state index in [4.69, 9.17) is 9.88 Å². The Balaban J connectivity index is 1.75. The predicted octanol–water partition coefficient (Wildman–Crippen LogP) is 3.68. The SMILES string of the molecule is COc1ccc(-c2sc(NC(=O)CCC3CCCC3)nc2C)cc1S(N)(=O)=O. The lowest BCUT2D eigenvalue weighted by Crippen LogP contribution is -2.13. The number of ether oxygens (including phenoxy) is 1. The summed E-state index contributed by atoms with van der Waals surface area (Å²) in [5.74, 6) is 0.816. The number of nitrogens with two attached hydrogens (primary N) is 1. The summed E-state index contributed by atoms with van der Waals surface area (Å²) in [4.78, 5) is 17.3. The zero-order chi connectivity index (χ0) is 20.3. The Hall–Kier alpha value is -1.97. The molecule has 1 aliphatic carbocycles. The third kappa shape index (κ3) is 4.89. The van der Waals surface area contributed by atoms with E-state index in [9.17, 15) is 13.2 Å². The second-order valence-corrected chi connectivity index (χ2v) is 9.61. The molecule has 1 aromatic heterocycles. The first kappa shape index (κ1) is 20.8. The van der Waals surface area contributed by atoms with Crippen LogP contribution >= 0.6 is 11.3 Å². The molecule has 2 aromatic rings. The lowest BCUT2D eigenvalue weighted by atomic mass is 10.0. The van der Waals surface area contributed by atoms with Crippen molar-refractivity contribution >= 4 is 32.4 Å². The number of benzene rings is 1. The number of aromatic nitrogens is 1. The van der Waals surface area contributed by atoms with Gasteiger partial charge in [0, 0.05) is 6.42 Å². The van der Waals surface area contributed by atoms with Crippen molar-refractivity contribution in [2.24, 2.45) is 11.1 Å². The molecule has 0 saturated heterocycles. The minimum atomic E-state index is -3.93. The molecule has 0 atom stereocenters. The molecule has 9 heteroatoms. The molecule has 3 N–H and O–H groups in total. The van der Waals surface area contributed by atoms with Gasteiger partial charge < -0.3 is 10.1 Å². The van der Waals surface area contributed by atoms with Gasteiger partial charge in [0.1, 0.15) is 10.6 Å². The highest BCUT2D eigenvalue weighted by Gasteiger charge is 2.20. The number of hydrogen-bond acceptors (Lipinski definition) is 6. The van der Waals surface area contributed by atoms with E-state index < -0.39 is 10.0 Å². The first-order chi connectivity index (χ1) is 13.3. The number of carbonyl (C=O) groups excluding carboxylic acids is 1. The van der Waals surface area contributed by atoms with E-state index in [2.05, 4.69) is 10.3 Å². The van der Waals surface area contributed by atoms with Crippen LogP contribution in [0, 0.1) is 12.8 Å². The maximum absolute atomic E-state index is 12.2. The Morgan fingerprint density at radius 3 is 2.71 bits per heavy atom. The van der Waals surface area contributed by atoms with Crippen LogP contribution < -0.4 is 15.2 Å². The zero-order valence-electron chi connectivity index (χ0n) is 16.0. The number of sulfonamides is 1. The van der Waals surface area contributed by atoms with Crippen molar-refractivity contribution in [3.63, 3.8) is 0 Å². The zero-order valence-corrected chi connectivity index (χ0v) is 17.7. The number of nitrogens with one attached hydrogen (secondary N) is 1. The smallest absolute Gasteiger partial charge is 0.241 e. The molecular formula is C19H25N3O4S2. The van der Waals surface area contributed by atoms with Gasteiger partial charge in [-0.05, 0) is 43.0 Å². The first-order valence-corrected chi connectivity index (χ1v) is 11.6. The Morgan fingerprint density at radius 2 is 2.07 bits per heavy atom. The van der Waals surface area contributed by atoms with Gasteiger partial charge in [-0.25, -0.2) is 18.5 Å². The number of nitrogens with zero attached hydrogens (tertiary/aromatic N) is 1. The van der Waals surface area contributed by atoms with Crippen molar-refractivity contribution in [2.75, 3.05) is 12.4 Å². The Bertz CT molecular complexity index is 964. The van der Waals surface area contributed by atoms with Crippen molar-refractivity contribution < 1.29 is 17.9 Å². The highest BCUT2D eigenvalue weighted by molar-refractivity contribution is 7.89. The summed E-state index contributed by atoms with van der Waals surface area (Å²) in [6.07, 6.45) is 6.39. The molecule has 0 spiro atoms. The number of amides is 1. The van der Waals surface area contributed by atoms with Crippen molar-refractivity contribution in [1.29, 1.82) is 0 Å². The van der Waals surface area contributed by atoms with Gasteiger partial charge in [-0.2, -0.15) is 0 Å². The summed E-state index contributed by atoms with van der Waals surface area (Å²) in [5.41, 5.74) is 1.37. The van der Waals surface area contributed by atoms with Crippen molar-refractivity contribution in [3.8, 4) is 16.2 Å². The molecule has 7 nitrogen and oxygen atoms in total. The predicted molar refractivity (Wildman–Crippen MR) is 110 cm³/mol. The second kappa shape index (κ2) is 8.59. The third-order valence-corrected chi connectivity index (χ3v) is 7.08. The maximum atomic E-state index is 12.2. The fourth-order valence-corrected chi connectivity index (χ4v) is 5.28. The van der Waals surface area contributed by atoms with Gasteiger partial charge in [0.15, 0.2) is 5.13 Å². The van der Waals surface area contributed by atoms with Crippen LogP contribution in [-0.4, -0.2) is 26.4 Å². The molecule has 28 heavy (non-hydrogen) atoms. The molecule has 1 saturated carbocycles. The number of primary sulfonamides is 1. The second-order valence-electron chi connectivity index (χ2n) is 7.08. The summed E-state index contributed by atoms with van der Waals surface area (Å²) >= 11 is 1.31. The monoisotopic (exact) mass is 423 g/mol. The normalized spacial score (nSPS) is 15.0. The van der Waals surface area contributed by atoms with Crippen LogP contribution in [0.25, 0.3) is 10.4 Å². The average molecular weight is 424 g/mol. The van der Waals surface area contributed by atoms with Gasteiger partial charge in [-0.1, -0.05) is 37.0 Å². The molecule has 0 aliphatic heterocycles. The maximum Gasteiger partial charge on any atom is 0.241 e. The van der Waals surface area contributed by atoms with Crippen LogP contribution in [0.2, 0.25) is 0 Å². The van der Waals surface area contributed by atoms with Crippen LogP contribution in [-0.2, 0) is 14.8 Å². The lowest BCUT2D eigenvalue weighted by Gasteiger charge is -2.08. The number of hydrogen-bond donors (Lipinski definition) is 2. The Morgan fingerprint density at radius 1 is 1.36 bits per heavy atom. The van der Waals surface area contributed by atoms with Crippen LogP contribution in [0.1, 0.15) is 44.2 Å². The average Bonchev–Trinajstić information content (AvgIpc) is 3.28. The molecule has 1 heterocycles. The molecule has 3 rings (SSSR count). The number of rotatable bonds is 7. The van der Waals surface area contributed by atoms with Crippen molar-refractivity contribution in [3.05, 3.63) is 23.9 Å². The molecule has 1 amide bonds. The van der Waals surface area contributed by atoms with Gasteiger partial charge in [0.25, 0.3) is 0 Å². The Kier molecular flexibility index (Phi) is 6.36. The molecular weight excluding hydrogens is 398 g/mol. The van der Waals surface area contributed by atoms with Crippen LogP contribution in [0.3, 0.4) is 0 Å². The van der Waals surface area contributed by atoms with Crippen LogP contribution in [0.4, 0.5) is 5.13 Å². The molecule has 1 aliphatic rings. The summed E-state index contributed by atoms with van der Waals surface area (Å²) in [5, 5.41) is 8.67. The summed E-state index contributed by atoms with van der Waals surface area (Å²) in [6.45, 7) is 1.82. The van der Waals surface area contributed by atoms with Crippen molar-refractivity contribution in [2.45, 2.75) is 50.3 Å². The highest BCUT2D eigenvalue weighted by atomic mass is 32.2. The number of thiazole rings is 1. The van der Waals surface area contributed by atoms with Gasteiger partial charge in [0.05, 0.1) is 17.7 Å². The van der Waals surface area contributed by atoms with E-state index in [-0.39, 0.29) is 16.6 Å². The fraction of sp³-hybridized carbons (Fsp3) is 0.474. The highest BCUT2D eigenvalue weighted by Crippen LogP contribution is 2.36. The number of aryl methyl sites for hydroxylation is 1. The number of anilines is 1. The first-order valence-electron chi connectivity index (χ1n) is 9.26. The molecule has 0 bridgehead atoms. The quantitative estimate of drug-likeness (QED) is 0.705. The molecule has 0 radical (unpaired) electrons. The number of carbonyl (C=O) groups is 1. The van der Waals surface area contributed by atoms with Crippen LogP contribution in [0.15, 0.2) is 23.1 Å². The summed E-state index contributed by atoms with van der Waals surface area (Å²) < 4.78 is 28.8. The Labute approximate surface area is 169 Å². The van der Waals surface area contributed by atoms with Crippen molar-refractivity contribution in [1.82, 2.24) is 4.98 Å². The van der Waals surface area contributed by atoms with Gasteiger partial charge in [-0.3, -0.25) is 4.79 Å². The van der Waals surface area contributed by atoms with E-state index >= 15 is 0 Å². The van der Waals surface area contributed by atoms with Gasteiger partial charge in [0.2, 0.25) is 15.9 Å². The standard InChI is InChI=1S/C19H25N3O4S2/c1-12-18(14-8-9-15(26-2)16(11-14)28(20,24)25)27-19(21-12)22-17(23)10-7-13-5-3-4-6-13/h8-9,11,13H,3-7,10H2,1-2H3,(H2,20,24,25)(H,21,22,23). The lowest BCUT2D eigenvalue weighted by molar-refractivity contribution is -0.116. The van der Waals surface area contributed by atoms with Gasteiger partial charge >= 0.3 is 0 Å². The third-order valence-electron chi connectivity index (χ3n) is 5.03. The molecule has 1 aromatic carbocycles. The fourth-order valence-electron chi connectivity index (χ4n) is 3.57. The largest absolute Gasteiger partial charge is 0.495 e. The molecule has 152 valence electrons. The molecule has 0 unspecified atom stereocenters. The van der Waals surface area contributed by atoms with E-state index in [1.165, 1.54) is 50.2 Å². The van der Waals surface area contributed by atoms with Crippen LogP contribution in [0.5, 0.6) is 5.75 Å². The summed E-state index contributed by atoms with van der Waals surface area (Å²) in [7, 11) is -2.54. The summed E-state index contributed by atoms with van der Waals surface area (Å²) in [6, 6.07) is 4.79. The van der Waals surface area contributed by atoms with E-state index in [0.29, 0.717) is 28.7 Å². The van der Waals surface area contributed by atoms with E-state index in [1.807, 2.05) is 6.92 Å². The minimum Gasteiger partial charge on any atom is -0.495 e. The topological polar surface area (TPSA) is 111 Å². The van der Waals surface area contributed by atoms with Gasteiger partial charge in [-0.15, -0.1) is 0 Å².